The molecule has 0 spiro atoms. The van der Waals surface area contributed by atoms with Gasteiger partial charge in [0.25, 0.3) is 5.91 Å². The second-order valence-corrected chi connectivity index (χ2v) is 8.18. The van der Waals surface area contributed by atoms with Crippen LogP contribution in [0.4, 0.5) is 5.69 Å². The first-order valence-electron chi connectivity index (χ1n) is 10.7. The monoisotopic (exact) mass is 483 g/mol. The van der Waals surface area contributed by atoms with Gasteiger partial charge in [0.15, 0.2) is 0 Å². The van der Waals surface area contributed by atoms with E-state index in [-0.39, 0.29) is 31.9 Å². The van der Waals surface area contributed by atoms with Gasteiger partial charge in [-0.25, -0.2) is 0 Å². The number of aliphatic hydroxyl groups is 1. The molecule has 10 heteroatoms. The number of nitrogens with one attached hydrogen (secondary N) is 1. The first kappa shape index (κ1) is 27.1. The average molecular weight is 484 g/mol. The number of amides is 1. The fraction of sp³-hybridized carbons (Fsp3) is 0.320. The Labute approximate surface area is 203 Å². The smallest absolute Gasteiger partial charge is 0.373 e. The molecule has 0 bridgehead atoms. The predicted molar refractivity (Wildman–Crippen MR) is 129 cm³/mol. The van der Waals surface area contributed by atoms with Crippen molar-refractivity contribution in [1.29, 1.82) is 0 Å². The van der Waals surface area contributed by atoms with Crippen molar-refractivity contribution in [3.05, 3.63) is 53.7 Å². The summed E-state index contributed by atoms with van der Waals surface area (Å²) in [4.78, 5) is 33.7. The largest absolute Gasteiger partial charge is 0.497 e. The van der Waals surface area contributed by atoms with Crippen LogP contribution in [0.1, 0.15) is 29.9 Å². The van der Waals surface area contributed by atoms with E-state index in [1.807, 2.05) is 39.0 Å². The summed E-state index contributed by atoms with van der Waals surface area (Å²) in [6.07, 6.45) is 0.250. The molecule has 0 unspecified atom stereocenters. The van der Waals surface area contributed by atoms with E-state index < -0.39 is 5.54 Å². The van der Waals surface area contributed by atoms with Gasteiger partial charge in [-0.05, 0) is 51.1 Å². The Morgan fingerprint density at radius 3 is 2.49 bits per heavy atom. The minimum absolute atomic E-state index is 0.121. The van der Waals surface area contributed by atoms with E-state index in [9.17, 15) is 4.79 Å². The molecule has 0 radical (unpaired) electrons. The highest BCUT2D eigenvalue weighted by molar-refractivity contribution is 5.96. The summed E-state index contributed by atoms with van der Waals surface area (Å²) < 4.78 is 16.7. The van der Waals surface area contributed by atoms with Crippen molar-refractivity contribution in [2.45, 2.75) is 26.3 Å². The number of carbonyl (C=O) groups is 1. The molecule has 2 aromatic carbocycles. The van der Waals surface area contributed by atoms with Gasteiger partial charge < -0.3 is 30.4 Å². The van der Waals surface area contributed by atoms with Gasteiger partial charge >= 0.3 is 6.15 Å². The first-order valence-corrected chi connectivity index (χ1v) is 10.7. The minimum Gasteiger partial charge on any atom is -0.497 e. The number of pyridine rings is 1. The minimum atomic E-state index is -0.693. The molecule has 1 amide bonds. The number of aliphatic hydroxyl groups excluding tert-OH is 1. The number of carbonyl (C=O) groups excluding carboxylic acids is 3. The summed E-state index contributed by atoms with van der Waals surface area (Å²) in [5.41, 5.74) is 8.07. The Hall–Kier alpha value is -4.14. The van der Waals surface area contributed by atoms with E-state index in [1.165, 1.54) is 7.11 Å². The second-order valence-electron chi connectivity index (χ2n) is 8.18. The number of anilines is 1. The first-order chi connectivity index (χ1) is 16.6. The zero-order valence-corrected chi connectivity index (χ0v) is 20.1. The van der Waals surface area contributed by atoms with Gasteiger partial charge in [0.2, 0.25) is 0 Å². The van der Waals surface area contributed by atoms with E-state index in [4.69, 9.17) is 34.6 Å². The Morgan fingerprint density at radius 1 is 1.14 bits per heavy atom. The van der Waals surface area contributed by atoms with E-state index in [2.05, 4.69) is 10.3 Å². The molecule has 35 heavy (non-hydrogen) atoms. The van der Waals surface area contributed by atoms with Crippen molar-refractivity contribution in [2.24, 2.45) is 0 Å². The topological polar surface area (TPSA) is 150 Å². The van der Waals surface area contributed by atoms with Crippen LogP contribution in [0.2, 0.25) is 0 Å². The predicted octanol–water partition coefficient (Wildman–Crippen LogP) is 2.51. The van der Waals surface area contributed by atoms with Gasteiger partial charge in [-0.15, -0.1) is 0 Å². The summed E-state index contributed by atoms with van der Waals surface area (Å²) in [6, 6.07) is 12.3. The number of rotatable bonds is 9. The highest BCUT2D eigenvalue weighted by Crippen LogP contribution is 2.31. The van der Waals surface area contributed by atoms with Crippen molar-refractivity contribution in [1.82, 2.24) is 10.3 Å². The van der Waals surface area contributed by atoms with Gasteiger partial charge in [0.05, 0.1) is 30.2 Å². The molecule has 186 valence electrons. The Bertz CT molecular complexity index is 1210. The van der Waals surface area contributed by atoms with Crippen molar-refractivity contribution in [2.75, 3.05) is 32.7 Å². The third-order valence-corrected chi connectivity index (χ3v) is 4.73. The number of hydrogen-bond acceptors (Lipinski definition) is 9. The molecule has 0 saturated heterocycles. The number of fused-ring (bicyclic) bond motifs is 1. The summed E-state index contributed by atoms with van der Waals surface area (Å²) in [6.45, 7) is 5.83. The van der Waals surface area contributed by atoms with Gasteiger partial charge in [-0.3, -0.25) is 9.78 Å². The molecule has 0 saturated carbocycles. The SMILES string of the molecule is COc1cc(OCCO)cc(C(=O)NC(C)(C)COc2cccc3nc(C)cc(N)c23)c1.O=C=O. The Kier molecular flexibility index (Phi) is 9.57. The zero-order chi connectivity index (χ0) is 26.0. The fourth-order valence-electron chi connectivity index (χ4n) is 3.28. The Morgan fingerprint density at radius 2 is 1.83 bits per heavy atom. The molecule has 0 atom stereocenters. The molecule has 1 aromatic heterocycles. The maximum Gasteiger partial charge on any atom is 0.373 e. The lowest BCUT2D eigenvalue weighted by molar-refractivity contribution is -0.191. The van der Waals surface area contributed by atoms with E-state index in [0.29, 0.717) is 28.5 Å². The number of nitrogens with two attached hydrogens (primary N) is 1. The van der Waals surface area contributed by atoms with Gasteiger partial charge in [-0.1, -0.05) is 6.07 Å². The zero-order valence-electron chi connectivity index (χ0n) is 20.1. The number of nitrogen functional groups attached to an aromatic ring is 1. The average Bonchev–Trinajstić information content (AvgIpc) is 2.81. The van der Waals surface area contributed by atoms with Gasteiger partial charge in [0, 0.05) is 23.0 Å². The van der Waals surface area contributed by atoms with E-state index in [1.54, 1.807) is 24.3 Å². The molecule has 4 N–H and O–H groups in total. The number of methoxy groups -OCH3 is 1. The molecule has 0 fully saturated rings. The summed E-state index contributed by atoms with van der Waals surface area (Å²) in [7, 11) is 1.51. The molecular weight excluding hydrogens is 454 g/mol. The molecule has 0 aliphatic rings. The highest BCUT2D eigenvalue weighted by Gasteiger charge is 2.24. The molecule has 10 nitrogen and oxygen atoms in total. The molecular formula is C25H29N3O7. The van der Waals surface area contributed by atoms with E-state index in [0.717, 1.165) is 16.6 Å². The number of aryl methyl sites for hydroxylation is 1. The maximum atomic E-state index is 12.9. The Balaban J connectivity index is 0.00000137. The molecule has 3 rings (SSSR count). The third-order valence-electron chi connectivity index (χ3n) is 4.73. The van der Waals surface area contributed by atoms with Crippen LogP contribution in [0.5, 0.6) is 17.2 Å². The van der Waals surface area contributed by atoms with Crippen LogP contribution in [0, 0.1) is 6.92 Å². The summed E-state index contributed by atoms with van der Waals surface area (Å²) in [5.74, 6) is 1.22. The summed E-state index contributed by atoms with van der Waals surface area (Å²) in [5, 5.41) is 12.7. The van der Waals surface area contributed by atoms with Gasteiger partial charge in [0.1, 0.15) is 30.5 Å². The van der Waals surface area contributed by atoms with Crippen LogP contribution < -0.4 is 25.3 Å². The molecule has 3 aromatic rings. The van der Waals surface area contributed by atoms with Crippen LogP contribution >= 0.6 is 0 Å². The quantitative estimate of drug-likeness (QED) is 0.417. The lowest BCUT2D eigenvalue weighted by atomic mass is 10.1. The van der Waals surface area contributed by atoms with Crippen molar-refractivity contribution >= 4 is 28.6 Å². The normalized spacial score (nSPS) is 10.5. The summed E-state index contributed by atoms with van der Waals surface area (Å²) >= 11 is 0. The van der Waals surface area contributed by atoms with Crippen LogP contribution in [-0.4, -0.2) is 54.6 Å². The number of aromatic nitrogens is 1. The van der Waals surface area contributed by atoms with Crippen LogP contribution in [0.15, 0.2) is 42.5 Å². The standard InChI is InChI=1S/C24H29N3O5.CO2/c1-15-10-19(25)22-20(26-15)6-5-7-21(22)32-14-24(2,3)27-23(29)16-11-17(30-4)13-18(12-16)31-9-8-28;2-1-3/h5-7,10-13,28H,8-9,14H2,1-4H3,(H2,25,26)(H,27,29);. The van der Waals surface area contributed by atoms with Gasteiger partial charge in [-0.2, -0.15) is 9.59 Å². The molecule has 0 aliphatic heterocycles. The fourth-order valence-corrected chi connectivity index (χ4v) is 3.28. The molecule has 1 heterocycles. The number of ether oxygens (including phenoxy) is 3. The van der Waals surface area contributed by atoms with Crippen LogP contribution in [0.25, 0.3) is 10.9 Å². The second kappa shape index (κ2) is 12.4. The maximum absolute atomic E-state index is 12.9. The third kappa shape index (κ3) is 7.70. The van der Waals surface area contributed by atoms with Crippen molar-refractivity contribution in [3.63, 3.8) is 0 Å². The van der Waals surface area contributed by atoms with Crippen LogP contribution in [-0.2, 0) is 9.59 Å². The molecule has 0 aliphatic carbocycles. The van der Waals surface area contributed by atoms with Crippen molar-refractivity contribution < 1.29 is 33.7 Å². The van der Waals surface area contributed by atoms with E-state index >= 15 is 0 Å². The van der Waals surface area contributed by atoms with Crippen molar-refractivity contribution in [3.8, 4) is 17.2 Å². The number of benzene rings is 2. The number of hydrogen-bond donors (Lipinski definition) is 3. The lowest BCUT2D eigenvalue weighted by Gasteiger charge is -2.27. The number of nitrogens with zero attached hydrogens (tertiary/aromatic N) is 1. The van der Waals surface area contributed by atoms with Crippen LogP contribution in [0.3, 0.4) is 0 Å². The highest BCUT2D eigenvalue weighted by atomic mass is 16.5. The lowest BCUT2D eigenvalue weighted by Crippen LogP contribution is -2.47.